The summed E-state index contributed by atoms with van der Waals surface area (Å²) in [4.78, 5) is 33.4. The molecule has 0 amide bonds. The van der Waals surface area contributed by atoms with Crippen molar-refractivity contribution in [3.63, 3.8) is 0 Å². The number of carbonyl (C=O) groups excluding carboxylic acids is 1. The van der Waals surface area contributed by atoms with E-state index in [0.717, 1.165) is 5.56 Å². The van der Waals surface area contributed by atoms with E-state index in [1.807, 2.05) is 0 Å². The normalized spacial score (nSPS) is 34.8. The van der Waals surface area contributed by atoms with Gasteiger partial charge in [0.1, 0.15) is 42.3 Å². The fourth-order valence-electron chi connectivity index (χ4n) is 5.83. The van der Waals surface area contributed by atoms with Crippen LogP contribution < -0.4 is 11.5 Å². The summed E-state index contributed by atoms with van der Waals surface area (Å²) in [6.07, 6.45) is -5.90. The Bertz CT molecular complexity index is 1790. The number of anilines is 2. The van der Waals surface area contributed by atoms with Crippen molar-refractivity contribution in [2.24, 2.45) is 0 Å². The minimum atomic E-state index is -4.38. The summed E-state index contributed by atoms with van der Waals surface area (Å²) in [5, 5.41) is 11.2. The summed E-state index contributed by atoms with van der Waals surface area (Å²) >= 11 is 4.09. The Balaban J connectivity index is 1.20. The summed E-state index contributed by atoms with van der Waals surface area (Å²) in [6.45, 7) is -3.15. The van der Waals surface area contributed by atoms with Crippen molar-refractivity contribution >= 4 is 59.0 Å². The van der Waals surface area contributed by atoms with Crippen molar-refractivity contribution in [1.29, 1.82) is 0 Å². The number of ether oxygens (including phenoxy) is 3. The van der Waals surface area contributed by atoms with Gasteiger partial charge in [-0.25, -0.2) is 38.7 Å². The number of imidazole rings is 2. The monoisotopic (exact) mass is 637 g/mol. The highest BCUT2D eigenvalue weighted by molar-refractivity contribution is 8.44. The van der Waals surface area contributed by atoms with E-state index in [4.69, 9.17) is 34.7 Å². The van der Waals surface area contributed by atoms with Crippen LogP contribution in [0.3, 0.4) is 0 Å². The van der Waals surface area contributed by atoms with Crippen LogP contribution in [-0.2, 0) is 27.8 Å². The maximum Gasteiger partial charge on any atom is 0.508 e. The Labute approximate surface area is 246 Å². The zero-order valence-electron chi connectivity index (χ0n) is 22.2. The van der Waals surface area contributed by atoms with Crippen LogP contribution in [0.1, 0.15) is 24.3 Å². The molecule has 0 spiro atoms. The van der Waals surface area contributed by atoms with Gasteiger partial charge in [-0.3, -0.25) is 13.6 Å². The Kier molecular flexibility index (Phi) is 6.71. The number of aromatic nitrogens is 7. The molecule has 3 fully saturated rings. The molecule has 0 radical (unpaired) electrons. The number of carbonyl (C=O) groups is 1. The highest BCUT2D eigenvalue weighted by Gasteiger charge is 2.54. The van der Waals surface area contributed by atoms with Crippen LogP contribution in [0.4, 0.5) is 20.8 Å². The smallest absolute Gasteiger partial charge is 0.431 e. The van der Waals surface area contributed by atoms with Crippen LogP contribution in [0.5, 0.6) is 0 Å². The van der Waals surface area contributed by atoms with Gasteiger partial charge in [-0.1, -0.05) is 12.2 Å². The third-order valence-electron chi connectivity index (χ3n) is 7.78. The predicted octanol–water partition coefficient (Wildman–Crippen LogP) is 1.63. The first kappa shape index (κ1) is 28.2. The van der Waals surface area contributed by atoms with Crippen molar-refractivity contribution < 1.29 is 42.1 Å². The molecule has 1 aliphatic carbocycles. The van der Waals surface area contributed by atoms with E-state index in [-0.39, 0.29) is 29.2 Å². The van der Waals surface area contributed by atoms with E-state index in [1.54, 1.807) is 17.7 Å². The predicted molar refractivity (Wildman–Crippen MR) is 147 cm³/mol. The first-order chi connectivity index (χ1) is 20.5. The zero-order chi connectivity index (χ0) is 30.2. The van der Waals surface area contributed by atoms with E-state index < -0.39 is 68.5 Å². The van der Waals surface area contributed by atoms with Crippen LogP contribution in [0, 0.1) is 6.92 Å². The molecular weight excluding hydrogens is 612 g/mol. The second-order valence-electron chi connectivity index (χ2n) is 10.4. The third-order valence-corrected chi connectivity index (χ3v) is 9.40. The van der Waals surface area contributed by atoms with Gasteiger partial charge in [-0.2, -0.15) is 0 Å². The lowest BCUT2D eigenvalue weighted by molar-refractivity contribution is -0.0830. The van der Waals surface area contributed by atoms with Crippen LogP contribution in [0.25, 0.3) is 22.2 Å². The minimum absolute atomic E-state index is 0.0193. The number of cyclic esters (lactones) is 1. The van der Waals surface area contributed by atoms with Crippen molar-refractivity contribution in [1.82, 2.24) is 34.1 Å². The standard InChI is InChI=1S/C23H25FN9O8PS/c1-8-3-27-19(25)13-15(8)32(6-30-13)9-2-10-16(34)17(9)39-23(35)37-4-11-18(41-42(36,43)40-10)12(24)22(38-11)33-7-31-14-20(26)28-5-29-21(14)33/h3,5-7,9-12,16-18,22,34H,2,4H2,1H3,(H2,25,27)(H,36,43)(H2,26,28,29)/t9-,10+,11-,12-,16-,17+,18-,22-,42?/m1/s1. The molecule has 1 saturated carbocycles. The van der Waals surface area contributed by atoms with Crippen LogP contribution >= 0.6 is 19.0 Å². The molecule has 5 N–H and O–H groups in total. The lowest BCUT2D eigenvalue weighted by atomic mass is 10.1. The molecule has 17 nitrogen and oxygen atoms in total. The van der Waals surface area contributed by atoms with Gasteiger partial charge in [0.05, 0.1) is 30.3 Å². The Morgan fingerprint density at radius 2 is 1.79 bits per heavy atom. The molecule has 4 aromatic rings. The molecule has 1 unspecified atom stereocenters. The van der Waals surface area contributed by atoms with Crippen molar-refractivity contribution in [2.45, 2.75) is 62.3 Å². The highest BCUT2D eigenvalue weighted by atomic mass is 32.7. The number of nitrogens with two attached hydrogens (primary N) is 2. The Morgan fingerprint density at radius 3 is 2.60 bits per heavy atom. The molecule has 2 aliphatic heterocycles. The number of nitrogens with zero attached hydrogens (tertiary/aromatic N) is 7. The third kappa shape index (κ3) is 4.67. The molecule has 2 bridgehead atoms. The minimum Gasteiger partial charge on any atom is -0.431 e. The average molecular weight is 638 g/mol. The van der Waals surface area contributed by atoms with Crippen LogP contribution in [0.2, 0.25) is 0 Å². The largest absolute Gasteiger partial charge is 0.508 e. The fourth-order valence-corrected chi connectivity index (χ4v) is 7.69. The van der Waals surface area contributed by atoms with E-state index >= 15 is 4.39 Å². The van der Waals surface area contributed by atoms with Gasteiger partial charge >= 0.3 is 13.0 Å². The number of rotatable bonds is 2. The first-order valence-electron chi connectivity index (χ1n) is 13.0. The van der Waals surface area contributed by atoms with Gasteiger partial charge in [0.25, 0.3) is 0 Å². The van der Waals surface area contributed by atoms with E-state index in [0.29, 0.717) is 11.0 Å². The number of hydrogen-bond donors (Lipinski definition) is 4. The lowest BCUT2D eigenvalue weighted by Crippen LogP contribution is -2.39. The molecule has 6 heterocycles. The number of aliphatic hydroxyl groups is 1. The van der Waals surface area contributed by atoms with E-state index in [9.17, 15) is 14.5 Å². The highest BCUT2D eigenvalue weighted by Crippen LogP contribution is 2.59. The maximum absolute atomic E-state index is 16.0. The molecule has 3 aliphatic rings. The number of hydrogen-bond acceptors (Lipinski definition) is 15. The summed E-state index contributed by atoms with van der Waals surface area (Å²) in [6, 6.07) is -0.759. The molecular formula is C23H25FN9O8PS. The molecule has 4 aromatic heterocycles. The van der Waals surface area contributed by atoms with Gasteiger partial charge in [0.15, 0.2) is 35.8 Å². The fraction of sp³-hybridized carbons (Fsp3) is 0.478. The van der Waals surface area contributed by atoms with Gasteiger partial charge in [-0.15, -0.1) is 0 Å². The Morgan fingerprint density at radius 1 is 1.05 bits per heavy atom. The molecule has 43 heavy (non-hydrogen) atoms. The number of alkyl halides is 1. The zero-order valence-corrected chi connectivity index (χ0v) is 24.0. The summed E-state index contributed by atoms with van der Waals surface area (Å²) in [5.41, 5.74) is 14.0. The van der Waals surface area contributed by atoms with Gasteiger partial charge in [-0.05, 0) is 12.5 Å². The lowest BCUT2D eigenvalue weighted by Gasteiger charge is -2.27. The van der Waals surface area contributed by atoms with Gasteiger partial charge in [0.2, 0.25) is 0 Å². The number of fused-ring (bicyclic) bond motifs is 5. The molecule has 228 valence electrons. The number of aliphatic hydroxyl groups excluding tert-OH is 1. The van der Waals surface area contributed by atoms with Gasteiger partial charge < -0.3 is 35.4 Å². The Hall–Kier alpha value is -3.61. The molecule has 0 aromatic carbocycles. The number of pyridine rings is 1. The van der Waals surface area contributed by atoms with E-state index in [1.165, 1.54) is 23.5 Å². The summed E-state index contributed by atoms with van der Waals surface area (Å²) in [7, 11) is 0. The second kappa shape index (κ2) is 10.2. The van der Waals surface area contributed by atoms with Crippen LogP contribution in [-0.4, -0.2) is 88.6 Å². The number of aryl methyl sites for hydroxylation is 1. The maximum atomic E-state index is 16.0. The van der Waals surface area contributed by atoms with Gasteiger partial charge in [0, 0.05) is 12.6 Å². The van der Waals surface area contributed by atoms with Crippen molar-refractivity contribution in [3.8, 4) is 0 Å². The molecule has 2 saturated heterocycles. The SMILES string of the molecule is Cc1cnc(N)c2ncn([C@@H]3C[C@@H]4OP(=O)(S)O[C@H]5[C@@H](F)[C@H](n6cnc7c(N)ncnc76)O[C@@H]5COC(=O)O[C@@H]3[C@@H]4O)c12. The molecule has 20 heteroatoms. The molecule has 7 rings (SSSR count). The second-order valence-corrected chi connectivity index (χ2v) is 13.2. The number of thiol groups is 1. The van der Waals surface area contributed by atoms with Crippen LogP contribution in [0.15, 0.2) is 25.2 Å². The topological polar surface area (TPSA) is 227 Å². The number of halogens is 1. The van der Waals surface area contributed by atoms with Crippen molar-refractivity contribution in [2.75, 3.05) is 18.1 Å². The quantitative estimate of drug-likeness (QED) is 0.139. The average Bonchev–Trinajstić information content (AvgIpc) is 3.72. The number of nitrogen functional groups attached to an aromatic ring is 2. The van der Waals surface area contributed by atoms with E-state index in [2.05, 4.69) is 37.2 Å². The first-order valence-corrected chi connectivity index (χ1v) is 15.7. The summed E-state index contributed by atoms with van der Waals surface area (Å²) in [5.74, 6) is 0.261. The molecule has 9 atom stereocenters. The summed E-state index contributed by atoms with van der Waals surface area (Å²) < 4.78 is 60.4. The van der Waals surface area contributed by atoms with Crippen molar-refractivity contribution in [3.05, 3.63) is 30.7 Å².